The number of benzene rings is 1. The molecule has 0 bridgehead atoms. The Hall–Kier alpha value is -2.15. The Balaban J connectivity index is 2.12. The topological polar surface area (TPSA) is 96.9 Å². The summed E-state index contributed by atoms with van der Waals surface area (Å²) in [6.07, 6.45) is 0.715. The van der Waals surface area contributed by atoms with E-state index in [0.717, 1.165) is 6.07 Å². The zero-order valence-electron chi connectivity index (χ0n) is 11.0. The maximum Gasteiger partial charge on any atom is 0.229 e. The number of nitrogens with one attached hydrogen (secondary N) is 1. The number of hydrogen-bond acceptors (Lipinski definition) is 4. The van der Waals surface area contributed by atoms with Crippen LogP contribution < -0.4 is 11.1 Å². The Labute approximate surface area is 115 Å². The first-order valence-corrected chi connectivity index (χ1v) is 6.21. The van der Waals surface area contributed by atoms with Crippen LogP contribution >= 0.6 is 0 Å². The van der Waals surface area contributed by atoms with E-state index < -0.39 is 5.82 Å². The van der Waals surface area contributed by atoms with Gasteiger partial charge in [0.1, 0.15) is 5.82 Å². The number of ether oxygens (including phenoxy) is 1. The number of amides is 1. The molecule has 6 nitrogen and oxygen atoms in total. The summed E-state index contributed by atoms with van der Waals surface area (Å²) in [7, 11) is 0. The average molecular weight is 281 g/mol. The Morgan fingerprint density at radius 3 is 2.95 bits per heavy atom. The second kappa shape index (κ2) is 5.87. The van der Waals surface area contributed by atoms with Gasteiger partial charge in [0, 0.05) is 5.69 Å². The molecule has 1 fully saturated rings. The summed E-state index contributed by atoms with van der Waals surface area (Å²) in [5, 5.41) is 14.0. The summed E-state index contributed by atoms with van der Waals surface area (Å²) >= 11 is 0. The first-order valence-electron chi connectivity index (χ1n) is 6.21. The summed E-state index contributed by atoms with van der Waals surface area (Å²) in [5.74, 6) is -1.39. The van der Waals surface area contributed by atoms with E-state index in [9.17, 15) is 9.18 Å². The minimum absolute atomic E-state index is 0.0618. The predicted octanol–water partition coefficient (Wildman–Crippen LogP) is 1.28. The molecule has 108 valence electrons. The molecule has 1 amide bonds. The fourth-order valence-electron chi connectivity index (χ4n) is 2.10. The zero-order valence-corrected chi connectivity index (χ0v) is 11.0. The Morgan fingerprint density at radius 1 is 1.60 bits per heavy atom. The van der Waals surface area contributed by atoms with Gasteiger partial charge in [-0.2, -0.15) is 0 Å². The minimum atomic E-state index is -0.629. The van der Waals surface area contributed by atoms with Gasteiger partial charge in [-0.15, -0.1) is 0 Å². The third-order valence-corrected chi connectivity index (χ3v) is 3.19. The predicted molar refractivity (Wildman–Crippen MR) is 71.1 cm³/mol. The number of oxime groups is 1. The number of amidine groups is 1. The molecule has 0 radical (unpaired) electrons. The Morgan fingerprint density at radius 2 is 2.35 bits per heavy atom. The standard InChI is InChI=1S/C13H16FN3O3/c1-7-4-8(6-20-7)13(18)16-9-2-3-11(14)10(5-9)12(15)17-19/h2-3,5,7-8,19H,4,6H2,1H3,(H2,15,17)(H,16,18). The molecule has 1 aliphatic rings. The highest BCUT2D eigenvalue weighted by Gasteiger charge is 2.28. The molecule has 20 heavy (non-hydrogen) atoms. The third-order valence-electron chi connectivity index (χ3n) is 3.19. The van der Waals surface area contributed by atoms with Gasteiger partial charge in [0.05, 0.1) is 24.2 Å². The number of halogens is 1. The van der Waals surface area contributed by atoms with Crippen molar-refractivity contribution >= 4 is 17.4 Å². The van der Waals surface area contributed by atoms with E-state index in [0.29, 0.717) is 18.7 Å². The maximum absolute atomic E-state index is 13.5. The van der Waals surface area contributed by atoms with Crippen LogP contribution in [0.1, 0.15) is 18.9 Å². The van der Waals surface area contributed by atoms with E-state index in [1.54, 1.807) is 0 Å². The number of hydrogen-bond donors (Lipinski definition) is 3. The summed E-state index contributed by atoms with van der Waals surface area (Å²) in [6.45, 7) is 2.28. The van der Waals surface area contributed by atoms with Gasteiger partial charge in [0.15, 0.2) is 5.84 Å². The summed E-state index contributed by atoms with van der Waals surface area (Å²) in [6, 6.07) is 3.89. The molecule has 1 heterocycles. The van der Waals surface area contributed by atoms with Crippen LogP contribution in [0.15, 0.2) is 23.4 Å². The highest BCUT2D eigenvalue weighted by molar-refractivity contribution is 5.99. The van der Waals surface area contributed by atoms with Crippen molar-refractivity contribution in [3.05, 3.63) is 29.6 Å². The second-order valence-corrected chi connectivity index (χ2v) is 4.75. The van der Waals surface area contributed by atoms with Crippen molar-refractivity contribution in [1.82, 2.24) is 0 Å². The van der Waals surface area contributed by atoms with E-state index in [2.05, 4.69) is 10.5 Å². The van der Waals surface area contributed by atoms with Gasteiger partial charge in [-0.1, -0.05) is 5.16 Å². The van der Waals surface area contributed by atoms with Crippen molar-refractivity contribution in [3.8, 4) is 0 Å². The van der Waals surface area contributed by atoms with E-state index in [-0.39, 0.29) is 29.3 Å². The lowest BCUT2D eigenvalue weighted by Gasteiger charge is -2.11. The van der Waals surface area contributed by atoms with Crippen molar-refractivity contribution in [1.29, 1.82) is 0 Å². The largest absolute Gasteiger partial charge is 0.409 e. The molecule has 0 saturated carbocycles. The molecule has 2 rings (SSSR count). The molecule has 2 unspecified atom stereocenters. The van der Waals surface area contributed by atoms with Crippen molar-refractivity contribution in [3.63, 3.8) is 0 Å². The fourth-order valence-corrected chi connectivity index (χ4v) is 2.10. The molecule has 7 heteroatoms. The van der Waals surface area contributed by atoms with Crippen LogP contribution in [0.25, 0.3) is 0 Å². The van der Waals surface area contributed by atoms with Crippen LogP contribution in [0.3, 0.4) is 0 Å². The van der Waals surface area contributed by atoms with Gasteiger partial charge < -0.3 is 21.0 Å². The average Bonchev–Trinajstić information content (AvgIpc) is 2.87. The van der Waals surface area contributed by atoms with Gasteiger partial charge >= 0.3 is 0 Å². The van der Waals surface area contributed by atoms with E-state index in [1.165, 1.54) is 12.1 Å². The Kier molecular flexibility index (Phi) is 4.19. The van der Waals surface area contributed by atoms with Crippen molar-refractivity contribution < 1.29 is 19.1 Å². The molecule has 0 spiro atoms. The quantitative estimate of drug-likeness (QED) is 0.336. The van der Waals surface area contributed by atoms with E-state index in [1.807, 2.05) is 6.92 Å². The van der Waals surface area contributed by atoms with Gasteiger partial charge in [-0.05, 0) is 31.5 Å². The van der Waals surface area contributed by atoms with Gasteiger partial charge in [-0.25, -0.2) is 4.39 Å². The van der Waals surface area contributed by atoms with Gasteiger partial charge in [0.25, 0.3) is 0 Å². The van der Waals surface area contributed by atoms with Crippen LogP contribution in [0.4, 0.5) is 10.1 Å². The summed E-state index contributed by atoms with van der Waals surface area (Å²) < 4.78 is 18.8. The Bertz CT molecular complexity index is 548. The lowest BCUT2D eigenvalue weighted by molar-refractivity contribution is -0.119. The van der Waals surface area contributed by atoms with Crippen LogP contribution in [-0.4, -0.2) is 29.7 Å². The molecule has 0 aromatic heterocycles. The third kappa shape index (κ3) is 3.05. The first kappa shape index (κ1) is 14.3. The molecular weight excluding hydrogens is 265 g/mol. The summed E-state index contributed by atoms with van der Waals surface area (Å²) in [4.78, 5) is 12.0. The fraction of sp³-hybridized carbons (Fsp3) is 0.385. The highest BCUT2D eigenvalue weighted by atomic mass is 19.1. The van der Waals surface area contributed by atoms with Gasteiger partial charge in [-0.3, -0.25) is 4.79 Å². The first-order chi connectivity index (χ1) is 9.51. The molecule has 2 atom stereocenters. The smallest absolute Gasteiger partial charge is 0.229 e. The number of anilines is 1. The van der Waals surface area contributed by atoms with E-state index >= 15 is 0 Å². The highest BCUT2D eigenvalue weighted by Crippen LogP contribution is 2.22. The van der Waals surface area contributed by atoms with Gasteiger partial charge in [0.2, 0.25) is 5.91 Å². The maximum atomic E-state index is 13.5. The minimum Gasteiger partial charge on any atom is -0.409 e. The van der Waals surface area contributed by atoms with Crippen LogP contribution in [0, 0.1) is 11.7 Å². The number of nitrogens with zero attached hydrogens (tertiary/aromatic N) is 1. The monoisotopic (exact) mass is 281 g/mol. The number of rotatable bonds is 3. The zero-order chi connectivity index (χ0) is 14.7. The van der Waals surface area contributed by atoms with Crippen molar-refractivity contribution in [2.45, 2.75) is 19.4 Å². The molecule has 4 N–H and O–H groups in total. The molecule has 1 aliphatic heterocycles. The van der Waals surface area contributed by atoms with Crippen LogP contribution in [0.5, 0.6) is 0 Å². The lowest BCUT2D eigenvalue weighted by atomic mass is 10.1. The van der Waals surface area contributed by atoms with Crippen molar-refractivity contribution in [2.75, 3.05) is 11.9 Å². The number of nitrogens with two attached hydrogens (primary N) is 1. The molecular formula is C13H16FN3O3. The molecule has 1 aromatic rings. The number of carbonyl (C=O) groups is 1. The second-order valence-electron chi connectivity index (χ2n) is 4.75. The van der Waals surface area contributed by atoms with Crippen molar-refractivity contribution in [2.24, 2.45) is 16.8 Å². The normalized spacial score (nSPS) is 22.8. The number of carbonyl (C=O) groups excluding carboxylic acids is 1. The molecule has 1 saturated heterocycles. The van der Waals surface area contributed by atoms with E-state index in [4.69, 9.17) is 15.7 Å². The van der Waals surface area contributed by atoms with Crippen LogP contribution in [0.2, 0.25) is 0 Å². The van der Waals surface area contributed by atoms with Crippen LogP contribution in [-0.2, 0) is 9.53 Å². The lowest BCUT2D eigenvalue weighted by Crippen LogP contribution is -2.23. The molecule has 0 aliphatic carbocycles. The molecule has 1 aromatic carbocycles. The summed E-state index contributed by atoms with van der Waals surface area (Å²) in [5.41, 5.74) is 5.68. The SMILES string of the molecule is CC1CC(C(=O)Nc2ccc(F)c(/C(N)=N/O)c2)CO1.